The van der Waals surface area contributed by atoms with Gasteiger partial charge in [-0.25, -0.2) is 14.2 Å². The third kappa shape index (κ3) is 2.44. The number of piperidine rings is 1. The molecule has 1 fully saturated rings. The third-order valence-corrected chi connectivity index (χ3v) is 3.52. The molecule has 1 aromatic rings. The van der Waals surface area contributed by atoms with E-state index in [9.17, 15) is 9.18 Å². The van der Waals surface area contributed by atoms with Crippen molar-refractivity contribution in [1.29, 1.82) is 0 Å². The van der Waals surface area contributed by atoms with Crippen molar-refractivity contribution in [3.8, 4) is 0 Å². The van der Waals surface area contributed by atoms with E-state index in [-0.39, 0.29) is 16.8 Å². The average Bonchev–Trinajstić information content (AvgIpc) is 2.29. The molecule has 98 valence electrons. The van der Waals surface area contributed by atoms with Crippen molar-refractivity contribution < 1.29 is 14.3 Å². The number of halogens is 1. The van der Waals surface area contributed by atoms with Gasteiger partial charge in [-0.05, 0) is 24.3 Å². The van der Waals surface area contributed by atoms with Gasteiger partial charge >= 0.3 is 5.97 Å². The van der Waals surface area contributed by atoms with Crippen LogP contribution in [0.15, 0.2) is 12.3 Å². The third-order valence-electron chi connectivity index (χ3n) is 3.52. The lowest BCUT2D eigenvalue weighted by Crippen LogP contribution is -2.38. The number of aromatic nitrogens is 1. The Kier molecular flexibility index (Phi) is 3.24. The van der Waals surface area contributed by atoms with Gasteiger partial charge in [0.2, 0.25) is 0 Å². The summed E-state index contributed by atoms with van der Waals surface area (Å²) in [5, 5.41) is 8.89. The maximum atomic E-state index is 14.0. The molecule has 1 N–H and O–H groups in total. The van der Waals surface area contributed by atoms with E-state index >= 15 is 0 Å². The SMILES string of the molecule is CC1(C)CCN(c2nccc(C(=O)O)c2F)CC1. The standard InChI is InChI=1S/C13H17FN2O2/c1-13(2)4-7-16(8-5-13)11-10(14)9(12(17)18)3-6-15-11/h3,6H,4-5,7-8H2,1-2H3,(H,17,18). The Labute approximate surface area is 105 Å². The number of carboxylic acid groups (broad SMARTS) is 1. The van der Waals surface area contributed by atoms with E-state index in [1.807, 2.05) is 4.90 Å². The van der Waals surface area contributed by atoms with Crippen molar-refractivity contribution >= 4 is 11.8 Å². The highest BCUT2D eigenvalue weighted by molar-refractivity contribution is 5.88. The minimum absolute atomic E-state index is 0.158. The largest absolute Gasteiger partial charge is 0.478 e. The van der Waals surface area contributed by atoms with Gasteiger partial charge in [-0.1, -0.05) is 13.8 Å². The number of pyridine rings is 1. The summed E-state index contributed by atoms with van der Waals surface area (Å²) in [5.74, 6) is -1.83. The lowest BCUT2D eigenvalue weighted by atomic mass is 9.83. The lowest BCUT2D eigenvalue weighted by molar-refractivity contribution is 0.0691. The Morgan fingerprint density at radius 3 is 2.61 bits per heavy atom. The molecule has 0 unspecified atom stereocenters. The molecule has 0 atom stereocenters. The molecule has 0 spiro atoms. The number of aromatic carboxylic acids is 1. The highest BCUT2D eigenvalue weighted by atomic mass is 19.1. The fraction of sp³-hybridized carbons (Fsp3) is 0.538. The predicted octanol–water partition coefficient (Wildman–Crippen LogP) is 2.55. The smallest absolute Gasteiger partial charge is 0.338 e. The Morgan fingerprint density at radius 2 is 2.06 bits per heavy atom. The van der Waals surface area contributed by atoms with Crippen LogP contribution in [-0.4, -0.2) is 29.1 Å². The first-order valence-corrected chi connectivity index (χ1v) is 6.03. The molecule has 1 aliphatic heterocycles. The average molecular weight is 252 g/mol. The minimum Gasteiger partial charge on any atom is -0.478 e. The molecule has 1 aliphatic rings. The minimum atomic E-state index is -1.26. The zero-order valence-electron chi connectivity index (χ0n) is 10.6. The van der Waals surface area contributed by atoms with Crippen LogP contribution in [0.25, 0.3) is 0 Å². The predicted molar refractivity (Wildman–Crippen MR) is 66.4 cm³/mol. The molecular weight excluding hydrogens is 235 g/mol. The van der Waals surface area contributed by atoms with Gasteiger partial charge < -0.3 is 10.0 Å². The van der Waals surface area contributed by atoms with Gasteiger partial charge in [0.15, 0.2) is 11.6 Å². The summed E-state index contributed by atoms with van der Waals surface area (Å²) in [5.41, 5.74) is -0.0537. The zero-order valence-corrected chi connectivity index (χ0v) is 10.6. The van der Waals surface area contributed by atoms with Crippen molar-refractivity contribution in [2.24, 2.45) is 5.41 Å². The van der Waals surface area contributed by atoms with Crippen molar-refractivity contribution in [3.63, 3.8) is 0 Å². The number of anilines is 1. The van der Waals surface area contributed by atoms with Crippen LogP contribution in [0.2, 0.25) is 0 Å². The van der Waals surface area contributed by atoms with E-state index in [2.05, 4.69) is 18.8 Å². The number of carboxylic acids is 1. The number of hydrogen-bond acceptors (Lipinski definition) is 3. The van der Waals surface area contributed by atoms with Crippen LogP contribution in [0, 0.1) is 11.2 Å². The fourth-order valence-corrected chi connectivity index (χ4v) is 2.14. The molecule has 5 heteroatoms. The molecule has 2 heterocycles. The topological polar surface area (TPSA) is 53.4 Å². The summed E-state index contributed by atoms with van der Waals surface area (Å²) >= 11 is 0. The van der Waals surface area contributed by atoms with Crippen LogP contribution in [0.4, 0.5) is 10.2 Å². The molecule has 0 saturated carbocycles. The summed E-state index contributed by atoms with van der Waals surface area (Å²) < 4.78 is 14.0. The van der Waals surface area contributed by atoms with Crippen LogP contribution in [0.1, 0.15) is 37.0 Å². The molecule has 0 amide bonds. The lowest BCUT2D eigenvalue weighted by Gasteiger charge is -2.37. The highest BCUT2D eigenvalue weighted by Crippen LogP contribution is 2.32. The van der Waals surface area contributed by atoms with Gasteiger partial charge in [-0.15, -0.1) is 0 Å². The summed E-state index contributed by atoms with van der Waals surface area (Å²) in [6.45, 7) is 5.78. The van der Waals surface area contributed by atoms with Crippen LogP contribution < -0.4 is 4.90 Å². The molecule has 2 rings (SSSR count). The number of rotatable bonds is 2. The Balaban J connectivity index is 2.25. The van der Waals surface area contributed by atoms with E-state index in [1.165, 1.54) is 12.3 Å². The second-order valence-corrected chi connectivity index (χ2v) is 5.45. The molecule has 0 bridgehead atoms. The first-order chi connectivity index (χ1) is 8.41. The normalized spacial score (nSPS) is 18.7. The molecular formula is C13H17FN2O2. The number of carbonyl (C=O) groups is 1. The van der Waals surface area contributed by atoms with Crippen LogP contribution in [0.5, 0.6) is 0 Å². The monoisotopic (exact) mass is 252 g/mol. The van der Waals surface area contributed by atoms with Gasteiger partial charge in [0.05, 0.1) is 0 Å². The molecule has 0 radical (unpaired) electrons. The van der Waals surface area contributed by atoms with E-state index < -0.39 is 11.8 Å². The van der Waals surface area contributed by atoms with Crippen molar-refractivity contribution in [2.45, 2.75) is 26.7 Å². The van der Waals surface area contributed by atoms with Gasteiger partial charge in [-0.3, -0.25) is 0 Å². The van der Waals surface area contributed by atoms with E-state index in [0.717, 1.165) is 12.8 Å². The summed E-state index contributed by atoms with van der Waals surface area (Å²) in [6, 6.07) is 1.19. The van der Waals surface area contributed by atoms with E-state index in [4.69, 9.17) is 5.11 Å². The zero-order chi connectivity index (χ0) is 13.3. The first-order valence-electron chi connectivity index (χ1n) is 6.03. The highest BCUT2D eigenvalue weighted by Gasteiger charge is 2.28. The van der Waals surface area contributed by atoms with Crippen molar-refractivity contribution in [3.05, 3.63) is 23.6 Å². The molecule has 4 nitrogen and oxygen atoms in total. The Bertz CT molecular complexity index is 464. The second-order valence-electron chi connectivity index (χ2n) is 5.45. The Morgan fingerprint density at radius 1 is 1.44 bits per heavy atom. The molecule has 1 saturated heterocycles. The number of hydrogen-bond donors (Lipinski definition) is 1. The number of nitrogens with zero attached hydrogens (tertiary/aromatic N) is 2. The van der Waals surface area contributed by atoms with Gasteiger partial charge in [0.25, 0.3) is 0 Å². The quantitative estimate of drug-likeness (QED) is 0.878. The van der Waals surface area contributed by atoms with Crippen LogP contribution in [-0.2, 0) is 0 Å². The van der Waals surface area contributed by atoms with E-state index in [0.29, 0.717) is 13.1 Å². The van der Waals surface area contributed by atoms with Crippen molar-refractivity contribution in [1.82, 2.24) is 4.98 Å². The maximum absolute atomic E-state index is 14.0. The van der Waals surface area contributed by atoms with Crippen molar-refractivity contribution in [2.75, 3.05) is 18.0 Å². The molecule has 18 heavy (non-hydrogen) atoms. The Hall–Kier alpha value is -1.65. The summed E-state index contributed by atoms with van der Waals surface area (Å²) in [6.07, 6.45) is 3.25. The molecule has 0 aromatic carbocycles. The van der Waals surface area contributed by atoms with Gasteiger partial charge in [0, 0.05) is 19.3 Å². The molecule has 0 aliphatic carbocycles. The fourth-order valence-electron chi connectivity index (χ4n) is 2.14. The van der Waals surface area contributed by atoms with Gasteiger partial charge in [-0.2, -0.15) is 0 Å². The van der Waals surface area contributed by atoms with Crippen LogP contribution in [0.3, 0.4) is 0 Å². The summed E-state index contributed by atoms with van der Waals surface area (Å²) in [7, 11) is 0. The van der Waals surface area contributed by atoms with Crippen LogP contribution >= 0.6 is 0 Å². The summed E-state index contributed by atoms with van der Waals surface area (Å²) in [4.78, 5) is 16.7. The maximum Gasteiger partial charge on any atom is 0.338 e. The molecule has 1 aromatic heterocycles. The van der Waals surface area contributed by atoms with E-state index in [1.54, 1.807) is 0 Å². The van der Waals surface area contributed by atoms with Gasteiger partial charge in [0.1, 0.15) is 5.56 Å². The second kappa shape index (κ2) is 4.55. The first kappa shape index (κ1) is 12.8.